The highest BCUT2D eigenvalue weighted by Crippen LogP contribution is 2.19. The Balaban J connectivity index is 1.83. The number of sulfone groups is 1. The minimum Gasteiger partial charge on any atom is -0.480 e. The van der Waals surface area contributed by atoms with Gasteiger partial charge >= 0.3 is 5.97 Å². The predicted molar refractivity (Wildman–Crippen MR) is 62.7 cm³/mol. The van der Waals surface area contributed by atoms with Gasteiger partial charge in [-0.3, -0.25) is 9.69 Å². The lowest BCUT2D eigenvalue weighted by Gasteiger charge is -2.29. The lowest BCUT2D eigenvalue weighted by molar-refractivity contribution is -0.140. The maximum absolute atomic E-state index is 11.2. The Labute approximate surface area is 101 Å². The van der Waals surface area contributed by atoms with E-state index in [1.54, 1.807) is 0 Å². The molecule has 2 N–H and O–H groups in total. The van der Waals surface area contributed by atoms with E-state index in [1.165, 1.54) is 0 Å². The molecule has 0 aromatic heterocycles. The largest absolute Gasteiger partial charge is 0.480 e. The molecule has 1 saturated heterocycles. The number of hydrogen-bond acceptors (Lipinski definition) is 5. The number of carboxylic acids is 1. The quantitative estimate of drug-likeness (QED) is 0.655. The first-order valence-electron chi connectivity index (χ1n) is 5.88. The van der Waals surface area contributed by atoms with Gasteiger partial charge in [0.25, 0.3) is 0 Å². The molecule has 2 rings (SSSR count). The molecule has 6 nitrogen and oxygen atoms in total. The first kappa shape index (κ1) is 12.8. The number of nitrogens with one attached hydrogen (secondary N) is 1. The zero-order valence-electron chi connectivity index (χ0n) is 9.63. The fraction of sp³-hybridized carbons (Fsp3) is 0.900. The maximum Gasteiger partial charge on any atom is 0.322 e. The average molecular weight is 262 g/mol. The topological polar surface area (TPSA) is 86.7 Å². The van der Waals surface area contributed by atoms with Crippen LogP contribution in [0.15, 0.2) is 0 Å². The number of nitrogens with zero attached hydrogens (tertiary/aromatic N) is 1. The molecule has 98 valence electrons. The van der Waals surface area contributed by atoms with E-state index in [0.717, 1.165) is 12.8 Å². The molecule has 0 spiro atoms. The summed E-state index contributed by atoms with van der Waals surface area (Å²) in [4.78, 5) is 13.0. The van der Waals surface area contributed by atoms with E-state index in [9.17, 15) is 13.2 Å². The van der Waals surface area contributed by atoms with Gasteiger partial charge in [-0.15, -0.1) is 0 Å². The monoisotopic (exact) mass is 262 g/mol. The van der Waals surface area contributed by atoms with E-state index in [4.69, 9.17) is 5.11 Å². The van der Waals surface area contributed by atoms with Gasteiger partial charge in [-0.1, -0.05) is 0 Å². The van der Waals surface area contributed by atoms with Crippen molar-refractivity contribution in [3.63, 3.8) is 0 Å². The second-order valence-electron chi connectivity index (χ2n) is 4.78. The molecule has 0 radical (unpaired) electrons. The summed E-state index contributed by atoms with van der Waals surface area (Å²) in [5.74, 6) is -0.573. The second kappa shape index (κ2) is 4.91. The molecule has 0 bridgehead atoms. The van der Waals surface area contributed by atoms with Crippen molar-refractivity contribution < 1.29 is 18.3 Å². The number of carboxylic acid groups (broad SMARTS) is 1. The molecule has 1 aliphatic carbocycles. The smallest absolute Gasteiger partial charge is 0.322 e. The van der Waals surface area contributed by atoms with E-state index in [0.29, 0.717) is 25.7 Å². The normalized spacial score (nSPS) is 26.6. The Hall–Kier alpha value is -0.660. The number of carbonyl (C=O) groups is 1. The highest BCUT2D eigenvalue weighted by Gasteiger charge is 2.31. The van der Waals surface area contributed by atoms with Crippen molar-refractivity contribution in [3.8, 4) is 0 Å². The molecule has 17 heavy (non-hydrogen) atoms. The molecule has 1 heterocycles. The highest BCUT2D eigenvalue weighted by molar-refractivity contribution is 7.91. The number of hydrogen-bond donors (Lipinski definition) is 2. The Morgan fingerprint density at radius 1 is 1.35 bits per heavy atom. The summed E-state index contributed by atoms with van der Waals surface area (Å²) in [6.45, 7) is 1.28. The van der Waals surface area contributed by atoms with Gasteiger partial charge in [-0.05, 0) is 12.8 Å². The van der Waals surface area contributed by atoms with Crippen LogP contribution in [0.5, 0.6) is 0 Å². The van der Waals surface area contributed by atoms with Crippen LogP contribution in [0.1, 0.15) is 12.8 Å². The molecule has 1 aliphatic heterocycles. The fourth-order valence-electron chi connectivity index (χ4n) is 1.93. The molecule has 2 aliphatic rings. The molecule has 1 saturated carbocycles. The molecule has 0 amide bonds. The minimum atomic E-state index is -2.89. The number of aliphatic carboxylic acids is 1. The van der Waals surface area contributed by atoms with E-state index in [-0.39, 0.29) is 11.5 Å². The van der Waals surface area contributed by atoms with Gasteiger partial charge in [-0.25, -0.2) is 8.42 Å². The number of rotatable bonds is 5. The van der Waals surface area contributed by atoms with Gasteiger partial charge in [0.05, 0.1) is 11.5 Å². The first-order chi connectivity index (χ1) is 7.96. The van der Waals surface area contributed by atoms with Crippen molar-refractivity contribution in [2.45, 2.75) is 24.9 Å². The van der Waals surface area contributed by atoms with Gasteiger partial charge in [0.2, 0.25) is 0 Å². The van der Waals surface area contributed by atoms with E-state index < -0.39 is 21.8 Å². The molecular formula is C10H18N2O4S. The summed E-state index contributed by atoms with van der Waals surface area (Å²) in [6, 6.07) is -0.243. The van der Waals surface area contributed by atoms with Crippen molar-refractivity contribution in [1.82, 2.24) is 10.2 Å². The van der Waals surface area contributed by atoms with Gasteiger partial charge in [0.15, 0.2) is 9.84 Å². The molecule has 0 aromatic rings. The predicted octanol–water partition coefficient (Wildman–Crippen LogP) is -1.08. The second-order valence-corrected chi connectivity index (χ2v) is 7.09. The summed E-state index contributed by atoms with van der Waals surface area (Å²) in [5.41, 5.74) is 0. The molecule has 2 fully saturated rings. The van der Waals surface area contributed by atoms with Crippen LogP contribution >= 0.6 is 0 Å². The van der Waals surface area contributed by atoms with Gasteiger partial charge in [0, 0.05) is 25.7 Å². The fourth-order valence-corrected chi connectivity index (χ4v) is 3.20. The van der Waals surface area contributed by atoms with Gasteiger partial charge in [0.1, 0.15) is 6.04 Å². The zero-order valence-corrected chi connectivity index (χ0v) is 10.4. The Morgan fingerprint density at radius 3 is 2.41 bits per heavy atom. The Morgan fingerprint density at radius 2 is 1.94 bits per heavy atom. The summed E-state index contributed by atoms with van der Waals surface area (Å²) in [7, 11) is -2.89. The van der Waals surface area contributed by atoms with Gasteiger partial charge < -0.3 is 10.4 Å². The lowest BCUT2D eigenvalue weighted by Crippen LogP contribution is -2.50. The SMILES string of the molecule is O=C(O)C(CN1CCS(=O)(=O)CC1)NC1CC1. The van der Waals surface area contributed by atoms with Crippen LogP contribution in [-0.2, 0) is 14.6 Å². The third-order valence-corrected chi connectivity index (χ3v) is 4.80. The summed E-state index contributed by atoms with van der Waals surface area (Å²) < 4.78 is 22.5. The molecule has 7 heteroatoms. The Kier molecular flexibility index (Phi) is 3.70. The van der Waals surface area contributed by atoms with Crippen LogP contribution in [0.4, 0.5) is 0 Å². The van der Waals surface area contributed by atoms with Crippen molar-refractivity contribution in [2.75, 3.05) is 31.1 Å². The van der Waals surface area contributed by atoms with Crippen LogP contribution in [-0.4, -0.2) is 67.6 Å². The first-order valence-corrected chi connectivity index (χ1v) is 7.70. The standard InChI is InChI=1S/C10H18N2O4S/c13-10(14)9(11-8-1-2-8)7-12-3-5-17(15,16)6-4-12/h8-9,11H,1-7H2,(H,13,14). The third-order valence-electron chi connectivity index (χ3n) is 3.19. The molecule has 1 atom stereocenters. The van der Waals surface area contributed by atoms with E-state index >= 15 is 0 Å². The maximum atomic E-state index is 11.2. The summed E-state index contributed by atoms with van der Waals surface area (Å²) in [6.07, 6.45) is 2.08. The summed E-state index contributed by atoms with van der Waals surface area (Å²) in [5, 5.41) is 12.1. The molecule has 0 aromatic carbocycles. The molecule has 1 unspecified atom stereocenters. The van der Waals surface area contributed by atoms with Crippen molar-refractivity contribution in [3.05, 3.63) is 0 Å². The van der Waals surface area contributed by atoms with Crippen LogP contribution < -0.4 is 5.32 Å². The third kappa shape index (κ3) is 3.93. The van der Waals surface area contributed by atoms with Crippen LogP contribution in [0.2, 0.25) is 0 Å². The van der Waals surface area contributed by atoms with Crippen LogP contribution in [0.25, 0.3) is 0 Å². The van der Waals surface area contributed by atoms with Crippen molar-refractivity contribution in [1.29, 1.82) is 0 Å². The van der Waals surface area contributed by atoms with Crippen LogP contribution in [0.3, 0.4) is 0 Å². The average Bonchev–Trinajstić information content (AvgIpc) is 3.03. The lowest BCUT2D eigenvalue weighted by atomic mass is 10.2. The van der Waals surface area contributed by atoms with Crippen LogP contribution in [0, 0.1) is 0 Å². The minimum absolute atomic E-state index is 0.142. The highest BCUT2D eigenvalue weighted by atomic mass is 32.2. The van der Waals surface area contributed by atoms with Crippen molar-refractivity contribution in [2.24, 2.45) is 0 Å². The van der Waals surface area contributed by atoms with Crippen molar-refractivity contribution >= 4 is 15.8 Å². The molecular weight excluding hydrogens is 244 g/mol. The van der Waals surface area contributed by atoms with Gasteiger partial charge in [-0.2, -0.15) is 0 Å². The zero-order chi connectivity index (χ0) is 12.5. The Bertz CT molecular complexity index is 377. The van der Waals surface area contributed by atoms with E-state index in [2.05, 4.69) is 5.32 Å². The van der Waals surface area contributed by atoms with E-state index in [1.807, 2.05) is 4.90 Å². The summed E-state index contributed by atoms with van der Waals surface area (Å²) >= 11 is 0.